The van der Waals surface area contributed by atoms with Crippen molar-refractivity contribution in [3.63, 3.8) is 0 Å². The van der Waals surface area contributed by atoms with Gasteiger partial charge in [-0.2, -0.15) is 8.42 Å². The summed E-state index contributed by atoms with van der Waals surface area (Å²) in [6, 6.07) is 4.25. The molecule has 4 rings (SSSR count). The molecule has 1 fully saturated rings. The maximum absolute atomic E-state index is 12.3. The van der Waals surface area contributed by atoms with Crippen molar-refractivity contribution >= 4 is 33.2 Å². The number of fused-ring (bicyclic) bond motifs is 1. The number of aromatic nitrogens is 4. The molecule has 2 aromatic heterocycles. The van der Waals surface area contributed by atoms with Crippen molar-refractivity contribution in [2.75, 3.05) is 12.3 Å². The Kier molecular flexibility index (Phi) is 5.89. The largest absolute Gasteiger partial charge is 0.507 e. The third-order valence-electron chi connectivity index (χ3n) is 5.08. The van der Waals surface area contributed by atoms with E-state index in [0.717, 1.165) is 0 Å². The first-order valence-corrected chi connectivity index (χ1v) is 10.9. The molecule has 0 radical (unpaired) electrons. The van der Waals surface area contributed by atoms with Crippen LogP contribution in [0.4, 0.5) is 5.82 Å². The smallest absolute Gasteiger partial charge is 0.362 e. The molecule has 1 aliphatic rings. The van der Waals surface area contributed by atoms with Crippen LogP contribution in [0.5, 0.6) is 5.75 Å². The number of hydrogen-bond acceptors (Lipinski definition) is 12. The summed E-state index contributed by atoms with van der Waals surface area (Å²) in [6.45, 7) is 0.797. The number of benzene rings is 1. The van der Waals surface area contributed by atoms with Crippen LogP contribution in [0, 0.1) is 6.92 Å². The van der Waals surface area contributed by atoms with Crippen molar-refractivity contribution in [2.24, 2.45) is 0 Å². The molecule has 4 atom stereocenters. The van der Waals surface area contributed by atoms with E-state index in [1.807, 2.05) is 0 Å². The highest BCUT2D eigenvalue weighted by atomic mass is 32.2. The number of nitrogen functional groups attached to an aromatic ring is 1. The van der Waals surface area contributed by atoms with Crippen molar-refractivity contribution in [1.29, 1.82) is 0 Å². The van der Waals surface area contributed by atoms with Gasteiger partial charge >= 0.3 is 10.3 Å². The number of aliphatic hydroxyl groups is 2. The molecule has 176 valence electrons. The Bertz CT molecular complexity index is 1290. The monoisotopic (exact) mass is 480 g/mol. The van der Waals surface area contributed by atoms with Crippen molar-refractivity contribution in [3.8, 4) is 5.75 Å². The van der Waals surface area contributed by atoms with E-state index >= 15 is 0 Å². The minimum absolute atomic E-state index is 0.105. The first-order valence-electron chi connectivity index (χ1n) is 9.53. The third-order valence-corrected chi connectivity index (χ3v) is 5.96. The lowest BCUT2D eigenvalue weighted by Crippen LogP contribution is -2.38. The summed E-state index contributed by atoms with van der Waals surface area (Å²) in [7, 11) is -4.64. The number of hydrogen-bond donors (Lipinski definition) is 5. The number of aryl methyl sites for hydroxylation is 1. The molecule has 0 saturated carbocycles. The van der Waals surface area contributed by atoms with Gasteiger partial charge in [0, 0.05) is 0 Å². The molecule has 3 heterocycles. The number of carbonyl (C=O) groups excluding carboxylic acids is 1. The molecule has 15 heteroatoms. The van der Waals surface area contributed by atoms with E-state index in [1.54, 1.807) is 4.72 Å². The number of nitrogens with zero attached hydrogens (tertiary/aromatic N) is 4. The molecule has 1 amide bonds. The van der Waals surface area contributed by atoms with Crippen LogP contribution < -0.4 is 10.5 Å². The average molecular weight is 480 g/mol. The van der Waals surface area contributed by atoms with Crippen LogP contribution in [0.15, 0.2) is 30.9 Å². The molecule has 33 heavy (non-hydrogen) atoms. The van der Waals surface area contributed by atoms with Gasteiger partial charge in [-0.1, -0.05) is 12.1 Å². The molecule has 6 N–H and O–H groups in total. The number of nitrogens with one attached hydrogen (secondary N) is 1. The zero-order valence-electron chi connectivity index (χ0n) is 17.1. The molecule has 0 unspecified atom stereocenters. The van der Waals surface area contributed by atoms with Gasteiger partial charge in [0.15, 0.2) is 17.7 Å². The Morgan fingerprint density at radius 3 is 2.76 bits per heavy atom. The minimum atomic E-state index is -4.64. The van der Waals surface area contributed by atoms with E-state index in [9.17, 15) is 28.5 Å². The lowest BCUT2D eigenvalue weighted by molar-refractivity contribution is -0.0468. The second kappa shape index (κ2) is 8.53. The lowest BCUT2D eigenvalue weighted by Gasteiger charge is -2.16. The highest BCUT2D eigenvalue weighted by molar-refractivity contribution is 7.85. The van der Waals surface area contributed by atoms with Crippen LogP contribution in [-0.4, -0.2) is 74.1 Å². The lowest BCUT2D eigenvalue weighted by atomic mass is 10.1. The summed E-state index contributed by atoms with van der Waals surface area (Å²) < 4.78 is 37.8. The van der Waals surface area contributed by atoms with Gasteiger partial charge in [-0.05, 0) is 18.6 Å². The zero-order chi connectivity index (χ0) is 23.9. The molecule has 3 aromatic rings. The molecule has 14 nitrogen and oxygen atoms in total. The number of imidazole rings is 1. The van der Waals surface area contributed by atoms with Gasteiger partial charge in [-0.15, -0.1) is 0 Å². The Hall–Kier alpha value is -3.37. The van der Waals surface area contributed by atoms with Gasteiger partial charge in [0.25, 0.3) is 5.91 Å². The van der Waals surface area contributed by atoms with Gasteiger partial charge in [0.1, 0.15) is 35.9 Å². The highest BCUT2D eigenvalue weighted by Gasteiger charge is 2.45. The van der Waals surface area contributed by atoms with Crippen molar-refractivity contribution < 1.29 is 37.5 Å². The molecule has 1 aromatic carbocycles. The first kappa shape index (κ1) is 22.8. The number of anilines is 1. The fourth-order valence-electron chi connectivity index (χ4n) is 3.45. The number of nitrogens with two attached hydrogens (primary N) is 1. The summed E-state index contributed by atoms with van der Waals surface area (Å²) in [6.07, 6.45) is -2.98. The van der Waals surface area contributed by atoms with Gasteiger partial charge in [0.2, 0.25) is 0 Å². The van der Waals surface area contributed by atoms with Gasteiger partial charge in [-0.3, -0.25) is 13.5 Å². The average Bonchev–Trinajstić information content (AvgIpc) is 3.29. The van der Waals surface area contributed by atoms with Crippen LogP contribution in [0.2, 0.25) is 0 Å². The van der Waals surface area contributed by atoms with Gasteiger partial charge < -0.3 is 25.8 Å². The summed E-state index contributed by atoms with van der Waals surface area (Å²) >= 11 is 0. The Morgan fingerprint density at radius 1 is 1.27 bits per heavy atom. The number of phenols is 1. The maximum Gasteiger partial charge on any atom is 0.362 e. The minimum Gasteiger partial charge on any atom is -0.507 e. The third kappa shape index (κ3) is 4.31. The van der Waals surface area contributed by atoms with Crippen LogP contribution in [0.25, 0.3) is 11.2 Å². The molecule has 1 aliphatic heterocycles. The van der Waals surface area contributed by atoms with Crippen molar-refractivity contribution in [1.82, 2.24) is 24.2 Å². The van der Waals surface area contributed by atoms with Crippen LogP contribution in [0.3, 0.4) is 0 Å². The van der Waals surface area contributed by atoms with Crippen molar-refractivity contribution in [2.45, 2.75) is 31.5 Å². The molecule has 0 bridgehead atoms. The van der Waals surface area contributed by atoms with E-state index in [4.69, 9.17) is 14.7 Å². The van der Waals surface area contributed by atoms with Crippen LogP contribution in [-0.2, 0) is 19.2 Å². The number of aliphatic hydroxyl groups excluding tert-OH is 2. The van der Waals surface area contributed by atoms with Gasteiger partial charge in [0.05, 0.1) is 18.5 Å². The molecule has 0 aliphatic carbocycles. The number of phenolic OH excluding ortho intramolecular Hbond substituents is 1. The topological polar surface area (TPSA) is 212 Å². The summed E-state index contributed by atoms with van der Waals surface area (Å²) in [5.74, 6) is -1.40. The maximum atomic E-state index is 12.3. The van der Waals surface area contributed by atoms with E-state index in [2.05, 4.69) is 15.0 Å². The summed E-state index contributed by atoms with van der Waals surface area (Å²) in [4.78, 5) is 24.2. The fraction of sp³-hybridized carbons (Fsp3) is 0.333. The first-order chi connectivity index (χ1) is 15.6. The highest BCUT2D eigenvalue weighted by Crippen LogP contribution is 2.32. The number of carbonyl (C=O) groups is 1. The molecular formula is C18H20N6O8S. The van der Waals surface area contributed by atoms with E-state index in [0.29, 0.717) is 5.56 Å². The number of ether oxygens (including phenoxy) is 1. The second-order valence-corrected chi connectivity index (χ2v) is 8.62. The van der Waals surface area contributed by atoms with E-state index in [1.165, 1.54) is 42.3 Å². The normalized spacial score (nSPS) is 23.1. The van der Waals surface area contributed by atoms with Crippen molar-refractivity contribution in [3.05, 3.63) is 42.0 Å². The van der Waals surface area contributed by atoms with E-state index in [-0.39, 0.29) is 22.5 Å². The second-order valence-electron chi connectivity index (χ2n) is 7.27. The Morgan fingerprint density at radius 2 is 2.03 bits per heavy atom. The predicted molar refractivity (Wildman–Crippen MR) is 111 cm³/mol. The SMILES string of the molecule is Cc1cccc(O)c1C(=O)NS(=O)(=O)OC[C@H]1O[C@@H](n2cnc3c(N)ncnc32)[C@H](O)[C@@H]1O. The number of rotatable bonds is 6. The van der Waals surface area contributed by atoms with Crippen LogP contribution in [0.1, 0.15) is 22.1 Å². The predicted octanol–water partition coefficient (Wildman–Crippen LogP) is -1.27. The number of aromatic hydroxyl groups is 1. The zero-order valence-corrected chi connectivity index (χ0v) is 17.9. The van der Waals surface area contributed by atoms with E-state index < -0.39 is 53.1 Å². The Balaban J connectivity index is 1.45. The fourth-order valence-corrected chi connectivity index (χ4v) is 4.15. The molecular weight excluding hydrogens is 460 g/mol. The van der Waals surface area contributed by atoms with Gasteiger partial charge in [-0.25, -0.2) is 19.7 Å². The standard InChI is InChI=1S/C18H20N6O8S/c1-8-3-2-4-9(25)11(8)17(28)23-33(29,30)31-5-10-13(26)14(27)18(32-10)24-7-22-12-15(19)20-6-21-16(12)24/h2-4,6-7,10,13-14,18,25-27H,5H2,1H3,(H,23,28)(H2,19,20,21)/t10-,13-,14-,18-/m1/s1. The Labute approximate surface area is 186 Å². The quantitative estimate of drug-likeness (QED) is 0.279. The molecule has 1 saturated heterocycles. The number of amides is 1. The molecule has 0 spiro atoms. The summed E-state index contributed by atoms with van der Waals surface area (Å²) in [5.41, 5.74) is 6.34. The summed E-state index contributed by atoms with van der Waals surface area (Å²) in [5, 5.41) is 30.6. The van der Waals surface area contributed by atoms with Crippen LogP contribution >= 0.6 is 0 Å².